The Morgan fingerprint density at radius 3 is 2.86 bits per heavy atom. The van der Waals surface area contributed by atoms with Gasteiger partial charge in [0.05, 0.1) is 22.3 Å². The summed E-state index contributed by atoms with van der Waals surface area (Å²) in [7, 11) is 0. The highest BCUT2D eigenvalue weighted by Crippen LogP contribution is 2.41. The Labute approximate surface area is 169 Å². The minimum atomic E-state index is -1.07. The van der Waals surface area contributed by atoms with Gasteiger partial charge in [0.25, 0.3) is 0 Å². The van der Waals surface area contributed by atoms with Crippen molar-refractivity contribution >= 4 is 46.1 Å². The third kappa shape index (κ3) is 3.21. The largest absolute Gasteiger partial charge is 0.477 e. The van der Waals surface area contributed by atoms with Crippen molar-refractivity contribution in [1.29, 1.82) is 0 Å². The van der Waals surface area contributed by atoms with Crippen LogP contribution in [-0.4, -0.2) is 30.4 Å². The van der Waals surface area contributed by atoms with Crippen LogP contribution in [0.15, 0.2) is 58.7 Å². The Bertz CT molecular complexity index is 1200. The van der Waals surface area contributed by atoms with Crippen LogP contribution in [0, 0.1) is 0 Å². The summed E-state index contributed by atoms with van der Waals surface area (Å²) in [5.74, 6) is -0.558. The summed E-state index contributed by atoms with van der Waals surface area (Å²) in [6.45, 7) is 2.75. The number of fused-ring (bicyclic) bond motifs is 1. The summed E-state index contributed by atoms with van der Waals surface area (Å²) in [4.78, 5) is 16.2. The molecule has 0 aliphatic rings. The average molecular weight is 414 g/mol. The molecule has 0 fully saturated rings. The van der Waals surface area contributed by atoms with E-state index in [2.05, 4.69) is 10.1 Å². The molecule has 0 aliphatic carbocycles. The van der Waals surface area contributed by atoms with Crippen LogP contribution < -0.4 is 5.73 Å². The molecular formula is C19H16ClN5O2S. The van der Waals surface area contributed by atoms with E-state index in [4.69, 9.17) is 17.3 Å². The van der Waals surface area contributed by atoms with Gasteiger partial charge in [0, 0.05) is 23.2 Å². The van der Waals surface area contributed by atoms with Crippen LogP contribution in [0.4, 0.5) is 5.82 Å². The molecular weight excluding hydrogens is 398 g/mol. The third-order valence-electron chi connectivity index (χ3n) is 4.27. The van der Waals surface area contributed by atoms with Gasteiger partial charge in [-0.2, -0.15) is 5.10 Å². The van der Waals surface area contributed by atoms with Gasteiger partial charge >= 0.3 is 5.97 Å². The zero-order valence-electron chi connectivity index (χ0n) is 14.8. The number of aromatic carboxylic acids is 1. The fourth-order valence-corrected chi connectivity index (χ4v) is 4.12. The van der Waals surface area contributed by atoms with E-state index in [1.807, 2.05) is 34.5 Å². The number of benzene rings is 1. The van der Waals surface area contributed by atoms with Crippen molar-refractivity contribution in [3.05, 3.63) is 59.5 Å². The van der Waals surface area contributed by atoms with Gasteiger partial charge in [0.1, 0.15) is 16.5 Å². The lowest BCUT2D eigenvalue weighted by Crippen LogP contribution is -2.01. The maximum Gasteiger partial charge on any atom is 0.354 e. The summed E-state index contributed by atoms with van der Waals surface area (Å²) in [5, 5.41) is 15.6. The predicted molar refractivity (Wildman–Crippen MR) is 109 cm³/mol. The molecule has 0 radical (unpaired) electrons. The molecule has 4 rings (SSSR count). The van der Waals surface area contributed by atoms with E-state index in [1.54, 1.807) is 24.4 Å². The number of pyridine rings is 1. The summed E-state index contributed by atoms with van der Waals surface area (Å²) in [5.41, 5.74) is 8.17. The number of carbonyl (C=O) groups is 1. The van der Waals surface area contributed by atoms with Crippen LogP contribution in [0.5, 0.6) is 0 Å². The molecule has 3 heterocycles. The van der Waals surface area contributed by atoms with Gasteiger partial charge in [-0.25, -0.2) is 9.78 Å². The number of nitrogens with two attached hydrogens (primary N) is 1. The highest BCUT2D eigenvalue weighted by Gasteiger charge is 2.19. The second-order valence-corrected chi connectivity index (χ2v) is 7.50. The first-order valence-corrected chi connectivity index (χ1v) is 9.68. The lowest BCUT2D eigenvalue weighted by atomic mass is 10.2. The van der Waals surface area contributed by atoms with Gasteiger partial charge in [-0.15, -0.1) is 0 Å². The molecule has 4 aromatic rings. The number of anilines is 1. The zero-order valence-corrected chi connectivity index (χ0v) is 16.4. The number of carboxylic acid groups (broad SMARTS) is 1. The molecule has 3 aromatic heterocycles. The summed E-state index contributed by atoms with van der Waals surface area (Å²) < 4.78 is 3.71. The highest BCUT2D eigenvalue weighted by molar-refractivity contribution is 7.99. The molecule has 0 saturated heterocycles. The Hall–Kier alpha value is -2.97. The molecule has 0 bridgehead atoms. The number of carboxylic acids is 1. The molecule has 0 aliphatic heterocycles. The number of halogens is 1. The van der Waals surface area contributed by atoms with Crippen molar-refractivity contribution in [2.24, 2.45) is 0 Å². The summed E-state index contributed by atoms with van der Waals surface area (Å²) in [6, 6.07) is 10.4. The molecule has 142 valence electrons. The molecule has 0 saturated carbocycles. The fraction of sp³-hybridized carbons (Fsp3) is 0.105. The van der Waals surface area contributed by atoms with Gasteiger partial charge in [0.15, 0.2) is 0 Å². The number of hydrogen-bond donors (Lipinski definition) is 2. The number of rotatable bonds is 5. The maximum atomic E-state index is 11.2. The Morgan fingerprint density at radius 2 is 2.14 bits per heavy atom. The maximum absolute atomic E-state index is 11.2. The first-order chi connectivity index (χ1) is 13.5. The van der Waals surface area contributed by atoms with Gasteiger partial charge in [0.2, 0.25) is 0 Å². The smallest absolute Gasteiger partial charge is 0.354 e. The van der Waals surface area contributed by atoms with Crippen molar-refractivity contribution in [2.75, 3.05) is 5.73 Å². The van der Waals surface area contributed by atoms with Crippen molar-refractivity contribution in [3.8, 4) is 5.69 Å². The topological polar surface area (TPSA) is 99.0 Å². The summed E-state index contributed by atoms with van der Waals surface area (Å²) >= 11 is 7.55. The Kier molecular flexibility index (Phi) is 4.74. The average Bonchev–Trinajstić information content (AvgIpc) is 3.25. The number of nitrogen functional groups attached to an aromatic ring is 1. The van der Waals surface area contributed by atoms with Gasteiger partial charge in [-0.1, -0.05) is 35.5 Å². The van der Waals surface area contributed by atoms with Gasteiger partial charge in [-0.05, 0) is 31.2 Å². The molecule has 0 atom stereocenters. The van der Waals surface area contributed by atoms with E-state index < -0.39 is 5.97 Å². The highest BCUT2D eigenvalue weighted by atomic mass is 35.5. The zero-order chi connectivity index (χ0) is 19.8. The molecule has 3 N–H and O–H groups in total. The number of nitrogens with zero attached hydrogens (tertiary/aromatic N) is 4. The monoisotopic (exact) mass is 413 g/mol. The third-order valence-corrected chi connectivity index (χ3v) is 5.57. The van der Waals surface area contributed by atoms with E-state index >= 15 is 0 Å². The van der Waals surface area contributed by atoms with E-state index in [0.717, 1.165) is 28.0 Å². The van der Waals surface area contributed by atoms with Crippen LogP contribution in [-0.2, 0) is 6.54 Å². The van der Waals surface area contributed by atoms with E-state index in [9.17, 15) is 9.90 Å². The minimum Gasteiger partial charge on any atom is -0.477 e. The number of hydrogen-bond acceptors (Lipinski definition) is 5. The van der Waals surface area contributed by atoms with Crippen LogP contribution in [0.2, 0.25) is 5.02 Å². The second-order valence-electron chi connectivity index (χ2n) is 6.03. The minimum absolute atomic E-state index is 0.0143. The second kappa shape index (κ2) is 7.21. The molecule has 0 spiro atoms. The SMILES string of the molecule is CCn1cc(-n2c(N)c(Sc3cccc(C(=O)O)n3)c3ccc(Cl)cc32)cn1. The number of aromatic nitrogens is 4. The van der Waals surface area contributed by atoms with Gasteiger partial charge < -0.3 is 10.8 Å². The number of aryl methyl sites for hydroxylation is 1. The quantitative estimate of drug-likeness (QED) is 0.505. The fourth-order valence-electron chi connectivity index (χ4n) is 2.97. The van der Waals surface area contributed by atoms with Crippen LogP contribution in [0.3, 0.4) is 0 Å². The molecule has 7 nitrogen and oxygen atoms in total. The normalized spacial score (nSPS) is 11.2. The van der Waals surface area contributed by atoms with E-state index in [0.29, 0.717) is 15.9 Å². The lowest BCUT2D eigenvalue weighted by Gasteiger charge is -2.06. The Morgan fingerprint density at radius 1 is 1.32 bits per heavy atom. The van der Waals surface area contributed by atoms with Crippen molar-refractivity contribution < 1.29 is 9.90 Å². The van der Waals surface area contributed by atoms with Crippen LogP contribution in [0.25, 0.3) is 16.6 Å². The van der Waals surface area contributed by atoms with E-state index in [-0.39, 0.29) is 5.69 Å². The molecule has 0 amide bonds. The van der Waals surface area contributed by atoms with Gasteiger partial charge in [-0.3, -0.25) is 9.25 Å². The standard InChI is InChI=1S/C19H16ClN5O2S/c1-2-24-10-12(9-22-24)25-15-8-11(20)6-7-13(15)17(18(25)21)28-16-5-3-4-14(23-16)19(26)27/h3-10H,2,21H2,1H3,(H,26,27). The lowest BCUT2D eigenvalue weighted by molar-refractivity contribution is 0.0689. The van der Waals surface area contributed by atoms with Crippen LogP contribution in [0.1, 0.15) is 17.4 Å². The van der Waals surface area contributed by atoms with E-state index in [1.165, 1.54) is 17.8 Å². The van der Waals surface area contributed by atoms with Crippen molar-refractivity contribution in [3.63, 3.8) is 0 Å². The first kappa shape index (κ1) is 18.4. The molecule has 28 heavy (non-hydrogen) atoms. The van der Waals surface area contributed by atoms with Crippen LogP contribution >= 0.6 is 23.4 Å². The predicted octanol–water partition coefficient (Wildman–Crippen LogP) is 4.33. The molecule has 1 aromatic carbocycles. The summed E-state index contributed by atoms with van der Waals surface area (Å²) in [6.07, 6.45) is 3.66. The molecule has 9 heteroatoms. The first-order valence-electron chi connectivity index (χ1n) is 8.48. The molecule has 0 unspecified atom stereocenters. The van der Waals surface area contributed by atoms with Crippen molar-refractivity contribution in [2.45, 2.75) is 23.4 Å². The Balaban J connectivity index is 1.88. The van der Waals surface area contributed by atoms with Crippen molar-refractivity contribution in [1.82, 2.24) is 19.3 Å².